The van der Waals surface area contributed by atoms with E-state index in [1.165, 1.54) is 6.92 Å². The first-order chi connectivity index (χ1) is 13.0. The average Bonchev–Trinajstić information content (AvgIpc) is 2.67. The summed E-state index contributed by atoms with van der Waals surface area (Å²) in [6.45, 7) is 1.85. The predicted octanol–water partition coefficient (Wildman–Crippen LogP) is 4.61. The minimum absolute atomic E-state index is 0.0145. The lowest BCUT2D eigenvalue weighted by Crippen LogP contribution is -2.23. The highest BCUT2D eigenvalue weighted by molar-refractivity contribution is 6.31. The smallest absolute Gasteiger partial charge is 0.251 e. The fourth-order valence-corrected chi connectivity index (χ4v) is 2.73. The summed E-state index contributed by atoms with van der Waals surface area (Å²) in [5.74, 6) is 0.276. The zero-order valence-electron chi connectivity index (χ0n) is 14.7. The molecule has 1 amide bonds. The topological polar surface area (TPSA) is 71.1 Å². The van der Waals surface area contributed by atoms with Gasteiger partial charge in [-0.15, -0.1) is 0 Å². The van der Waals surface area contributed by atoms with Crippen LogP contribution in [0.15, 0.2) is 66.9 Å². The number of anilines is 2. The molecule has 1 aromatic heterocycles. The van der Waals surface area contributed by atoms with Crippen molar-refractivity contribution in [3.8, 4) is 0 Å². The molecule has 0 aliphatic carbocycles. The van der Waals surface area contributed by atoms with Crippen molar-refractivity contribution in [3.63, 3.8) is 0 Å². The van der Waals surface area contributed by atoms with Gasteiger partial charge in [0.2, 0.25) is 0 Å². The minimum Gasteiger partial charge on any atom is -0.348 e. The standard InChI is InChI=1S/C21H18ClN3O2/c1-14(26)15-6-4-7-18(11-15)25-20-12-16(9-10-23-20)21(27)24-13-17-5-2-3-8-19(17)22/h2-12H,13H2,1H3,(H,23,25)(H,24,27). The number of Topliss-reactive ketones (excluding diaryl/α,β-unsaturated/α-hetero) is 1. The van der Waals surface area contributed by atoms with Gasteiger partial charge in [0.05, 0.1) is 0 Å². The zero-order chi connectivity index (χ0) is 19.2. The van der Waals surface area contributed by atoms with E-state index in [4.69, 9.17) is 11.6 Å². The van der Waals surface area contributed by atoms with E-state index < -0.39 is 0 Å². The quantitative estimate of drug-likeness (QED) is 0.613. The van der Waals surface area contributed by atoms with Crippen LogP contribution >= 0.6 is 11.6 Å². The zero-order valence-corrected chi connectivity index (χ0v) is 15.5. The first kappa shape index (κ1) is 18.6. The van der Waals surface area contributed by atoms with Gasteiger partial charge >= 0.3 is 0 Å². The number of rotatable bonds is 6. The second-order valence-corrected chi connectivity index (χ2v) is 6.37. The second-order valence-electron chi connectivity index (χ2n) is 5.97. The van der Waals surface area contributed by atoms with Crippen molar-refractivity contribution in [2.45, 2.75) is 13.5 Å². The summed E-state index contributed by atoms with van der Waals surface area (Å²) in [6.07, 6.45) is 1.56. The molecule has 3 aromatic rings. The van der Waals surface area contributed by atoms with Gasteiger partial charge in [-0.05, 0) is 42.8 Å². The Morgan fingerprint density at radius 1 is 1.00 bits per heavy atom. The van der Waals surface area contributed by atoms with Gasteiger partial charge < -0.3 is 10.6 Å². The van der Waals surface area contributed by atoms with Crippen LogP contribution in [0.1, 0.15) is 33.2 Å². The summed E-state index contributed by atoms with van der Waals surface area (Å²) in [5.41, 5.74) is 2.65. The summed E-state index contributed by atoms with van der Waals surface area (Å²) < 4.78 is 0. The maximum absolute atomic E-state index is 12.4. The van der Waals surface area contributed by atoms with Gasteiger partial charge in [-0.25, -0.2) is 4.98 Å². The van der Waals surface area contributed by atoms with E-state index in [1.54, 1.807) is 42.6 Å². The van der Waals surface area contributed by atoms with Crippen LogP contribution < -0.4 is 10.6 Å². The van der Waals surface area contributed by atoms with Crippen molar-refractivity contribution in [2.75, 3.05) is 5.32 Å². The van der Waals surface area contributed by atoms with Crippen LogP contribution in [-0.4, -0.2) is 16.7 Å². The Morgan fingerprint density at radius 2 is 1.81 bits per heavy atom. The molecule has 0 aliphatic heterocycles. The van der Waals surface area contributed by atoms with E-state index in [-0.39, 0.29) is 11.7 Å². The number of aromatic nitrogens is 1. The van der Waals surface area contributed by atoms with Crippen LogP contribution in [-0.2, 0) is 6.54 Å². The number of hydrogen-bond acceptors (Lipinski definition) is 4. The minimum atomic E-state index is -0.224. The van der Waals surface area contributed by atoms with Crippen molar-refractivity contribution >= 4 is 34.8 Å². The van der Waals surface area contributed by atoms with Crippen molar-refractivity contribution in [1.29, 1.82) is 0 Å². The summed E-state index contributed by atoms with van der Waals surface area (Å²) in [7, 11) is 0. The maximum atomic E-state index is 12.4. The van der Waals surface area contributed by atoms with Crippen LogP contribution in [0.25, 0.3) is 0 Å². The SMILES string of the molecule is CC(=O)c1cccc(Nc2cc(C(=O)NCc3ccccc3Cl)ccn2)c1. The number of hydrogen-bond donors (Lipinski definition) is 2. The number of nitrogens with one attached hydrogen (secondary N) is 2. The van der Waals surface area contributed by atoms with E-state index >= 15 is 0 Å². The Balaban J connectivity index is 1.69. The van der Waals surface area contributed by atoms with Crippen LogP contribution in [0.2, 0.25) is 5.02 Å². The fourth-order valence-electron chi connectivity index (χ4n) is 2.52. The lowest BCUT2D eigenvalue weighted by Gasteiger charge is -2.10. The first-order valence-electron chi connectivity index (χ1n) is 8.38. The molecule has 0 saturated carbocycles. The molecular weight excluding hydrogens is 362 g/mol. The molecule has 0 fully saturated rings. The number of amides is 1. The van der Waals surface area contributed by atoms with Crippen molar-refractivity contribution < 1.29 is 9.59 Å². The van der Waals surface area contributed by atoms with E-state index in [1.807, 2.05) is 24.3 Å². The fraction of sp³-hybridized carbons (Fsp3) is 0.0952. The Morgan fingerprint density at radius 3 is 2.59 bits per heavy atom. The van der Waals surface area contributed by atoms with Crippen LogP contribution in [0, 0.1) is 0 Å². The molecule has 6 heteroatoms. The van der Waals surface area contributed by atoms with Gasteiger partial charge in [-0.1, -0.05) is 41.9 Å². The molecule has 0 saturated heterocycles. The van der Waals surface area contributed by atoms with Crippen LogP contribution in [0.3, 0.4) is 0 Å². The molecule has 2 N–H and O–H groups in total. The highest BCUT2D eigenvalue weighted by Gasteiger charge is 2.09. The molecule has 136 valence electrons. The molecule has 5 nitrogen and oxygen atoms in total. The van der Waals surface area contributed by atoms with Crippen LogP contribution in [0.5, 0.6) is 0 Å². The number of carbonyl (C=O) groups excluding carboxylic acids is 2. The third kappa shape index (κ3) is 4.92. The molecule has 2 aromatic carbocycles. The Bertz CT molecular complexity index is 988. The number of ketones is 1. The second kappa shape index (κ2) is 8.47. The van der Waals surface area contributed by atoms with Gasteiger partial charge in [0.25, 0.3) is 5.91 Å². The molecule has 27 heavy (non-hydrogen) atoms. The van der Waals surface area contributed by atoms with E-state index in [0.29, 0.717) is 28.5 Å². The monoisotopic (exact) mass is 379 g/mol. The summed E-state index contributed by atoms with van der Waals surface area (Å²) in [4.78, 5) is 28.2. The highest BCUT2D eigenvalue weighted by atomic mass is 35.5. The van der Waals surface area contributed by atoms with Gasteiger partial charge in [0, 0.05) is 34.6 Å². The number of nitrogens with zero attached hydrogens (tertiary/aromatic N) is 1. The summed E-state index contributed by atoms with van der Waals surface area (Å²) in [5, 5.41) is 6.57. The van der Waals surface area contributed by atoms with Gasteiger partial charge in [-0.2, -0.15) is 0 Å². The van der Waals surface area contributed by atoms with Gasteiger partial charge in [0.1, 0.15) is 5.82 Å². The molecule has 0 spiro atoms. The normalized spacial score (nSPS) is 10.3. The molecule has 0 atom stereocenters. The molecule has 0 aliphatic rings. The molecule has 0 bridgehead atoms. The highest BCUT2D eigenvalue weighted by Crippen LogP contribution is 2.18. The Kier molecular flexibility index (Phi) is 5.84. The molecular formula is C21H18ClN3O2. The third-order valence-corrected chi connectivity index (χ3v) is 4.33. The first-order valence-corrected chi connectivity index (χ1v) is 8.76. The van der Waals surface area contributed by atoms with Crippen LogP contribution in [0.4, 0.5) is 11.5 Å². The molecule has 0 radical (unpaired) electrons. The predicted molar refractivity (Wildman–Crippen MR) is 107 cm³/mol. The Hall–Kier alpha value is -3.18. The number of benzene rings is 2. The van der Waals surface area contributed by atoms with Crippen molar-refractivity contribution in [1.82, 2.24) is 10.3 Å². The van der Waals surface area contributed by atoms with Gasteiger partial charge in [0.15, 0.2) is 5.78 Å². The van der Waals surface area contributed by atoms with E-state index in [2.05, 4.69) is 15.6 Å². The average molecular weight is 380 g/mol. The molecule has 3 rings (SSSR count). The number of halogens is 1. The van der Waals surface area contributed by atoms with E-state index in [0.717, 1.165) is 11.3 Å². The summed E-state index contributed by atoms with van der Waals surface area (Å²) in [6, 6.07) is 17.8. The lowest BCUT2D eigenvalue weighted by molar-refractivity contribution is 0.0950. The largest absolute Gasteiger partial charge is 0.348 e. The van der Waals surface area contributed by atoms with Crippen molar-refractivity contribution in [3.05, 3.63) is 88.6 Å². The Labute approximate surface area is 162 Å². The number of carbonyl (C=O) groups is 2. The lowest BCUT2D eigenvalue weighted by atomic mass is 10.1. The van der Waals surface area contributed by atoms with E-state index in [9.17, 15) is 9.59 Å². The third-order valence-electron chi connectivity index (χ3n) is 3.96. The molecule has 1 heterocycles. The summed E-state index contributed by atoms with van der Waals surface area (Å²) >= 11 is 6.11. The van der Waals surface area contributed by atoms with Crippen molar-refractivity contribution in [2.24, 2.45) is 0 Å². The van der Waals surface area contributed by atoms with Gasteiger partial charge in [-0.3, -0.25) is 9.59 Å². The molecule has 0 unspecified atom stereocenters. The maximum Gasteiger partial charge on any atom is 0.251 e. The number of pyridine rings is 1.